The molecule has 0 spiro atoms. The molecule has 1 unspecified atom stereocenters. The number of sulfonamides is 1. The maximum absolute atomic E-state index is 12.3. The third kappa shape index (κ3) is 5.56. The molecule has 0 aliphatic carbocycles. The van der Waals surface area contributed by atoms with E-state index in [9.17, 15) is 8.42 Å². The predicted molar refractivity (Wildman–Crippen MR) is 85.1 cm³/mol. The quantitative estimate of drug-likeness (QED) is 0.726. The van der Waals surface area contributed by atoms with Gasteiger partial charge in [0.2, 0.25) is 10.0 Å². The van der Waals surface area contributed by atoms with Gasteiger partial charge in [-0.25, -0.2) is 13.1 Å². The molecule has 1 atom stereocenters. The van der Waals surface area contributed by atoms with Crippen molar-refractivity contribution >= 4 is 21.6 Å². The highest BCUT2D eigenvalue weighted by molar-refractivity contribution is 7.89. The summed E-state index contributed by atoms with van der Waals surface area (Å²) in [7, 11) is -2.04. The summed E-state index contributed by atoms with van der Waals surface area (Å²) < 4.78 is 32.3. The van der Waals surface area contributed by atoms with Gasteiger partial charge < -0.3 is 10.1 Å². The van der Waals surface area contributed by atoms with Crippen LogP contribution < -0.4 is 10.0 Å². The molecule has 120 valence electrons. The van der Waals surface area contributed by atoms with Crippen LogP contribution in [0.4, 0.5) is 0 Å². The van der Waals surface area contributed by atoms with Crippen LogP contribution in [0.2, 0.25) is 5.02 Å². The van der Waals surface area contributed by atoms with Gasteiger partial charge in [0, 0.05) is 24.7 Å². The third-order valence-corrected chi connectivity index (χ3v) is 4.95. The number of methoxy groups -OCH3 is 1. The predicted octanol–water partition coefficient (Wildman–Crippen LogP) is 2.15. The second kappa shape index (κ2) is 8.70. The fourth-order valence-corrected chi connectivity index (χ4v) is 3.46. The van der Waals surface area contributed by atoms with Gasteiger partial charge in [-0.15, -0.1) is 0 Å². The van der Waals surface area contributed by atoms with Crippen molar-refractivity contribution < 1.29 is 13.2 Å². The largest absolute Gasteiger partial charge is 0.383 e. The summed E-state index contributed by atoms with van der Waals surface area (Å²) in [4.78, 5) is 0.169. The normalized spacial score (nSPS) is 13.3. The zero-order valence-corrected chi connectivity index (χ0v) is 14.2. The molecule has 21 heavy (non-hydrogen) atoms. The van der Waals surface area contributed by atoms with Crippen LogP contribution in [-0.4, -0.2) is 34.7 Å². The minimum absolute atomic E-state index is 0.169. The Morgan fingerprint density at radius 3 is 2.57 bits per heavy atom. The maximum Gasteiger partial charge on any atom is 0.240 e. The van der Waals surface area contributed by atoms with Crippen molar-refractivity contribution in [2.75, 3.05) is 20.3 Å². The van der Waals surface area contributed by atoms with Gasteiger partial charge in [0.15, 0.2) is 0 Å². The molecule has 0 aromatic heterocycles. The minimum atomic E-state index is -3.59. The zero-order valence-electron chi connectivity index (χ0n) is 12.6. The molecule has 0 radical (unpaired) electrons. The van der Waals surface area contributed by atoms with E-state index in [-0.39, 0.29) is 10.9 Å². The molecule has 1 aromatic rings. The summed E-state index contributed by atoms with van der Waals surface area (Å²) in [5.41, 5.74) is 0.876. The number of rotatable bonds is 9. The van der Waals surface area contributed by atoms with E-state index in [0.717, 1.165) is 12.1 Å². The summed E-state index contributed by atoms with van der Waals surface area (Å²) in [6.45, 7) is 5.68. The van der Waals surface area contributed by atoms with E-state index >= 15 is 0 Å². The minimum Gasteiger partial charge on any atom is -0.383 e. The smallest absolute Gasteiger partial charge is 0.240 e. The van der Waals surface area contributed by atoms with Crippen LogP contribution in [0.25, 0.3) is 0 Å². The van der Waals surface area contributed by atoms with E-state index in [0.29, 0.717) is 24.6 Å². The van der Waals surface area contributed by atoms with Gasteiger partial charge in [-0.3, -0.25) is 0 Å². The van der Waals surface area contributed by atoms with Crippen molar-refractivity contribution in [3.8, 4) is 0 Å². The van der Waals surface area contributed by atoms with Gasteiger partial charge in [-0.05, 0) is 30.7 Å². The lowest BCUT2D eigenvalue weighted by molar-refractivity contribution is 0.173. The van der Waals surface area contributed by atoms with Crippen LogP contribution in [0.1, 0.15) is 25.8 Å². The van der Waals surface area contributed by atoms with Crippen LogP contribution in [-0.2, 0) is 21.3 Å². The Labute approximate surface area is 132 Å². The number of halogens is 1. The molecule has 0 saturated carbocycles. The van der Waals surface area contributed by atoms with Crippen molar-refractivity contribution in [3.63, 3.8) is 0 Å². The lowest BCUT2D eigenvalue weighted by Gasteiger charge is -2.16. The van der Waals surface area contributed by atoms with E-state index < -0.39 is 10.0 Å². The molecule has 0 amide bonds. The van der Waals surface area contributed by atoms with E-state index in [1.165, 1.54) is 6.07 Å². The van der Waals surface area contributed by atoms with E-state index in [1.807, 2.05) is 13.8 Å². The molecule has 0 saturated heterocycles. The van der Waals surface area contributed by atoms with Crippen LogP contribution in [0.15, 0.2) is 23.1 Å². The second-order valence-electron chi connectivity index (χ2n) is 4.72. The van der Waals surface area contributed by atoms with Gasteiger partial charge in [0.1, 0.15) is 0 Å². The first kappa shape index (κ1) is 18.4. The molecule has 1 rings (SSSR count). The van der Waals surface area contributed by atoms with Crippen molar-refractivity contribution in [2.45, 2.75) is 37.8 Å². The molecule has 0 aliphatic rings. The van der Waals surface area contributed by atoms with Crippen molar-refractivity contribution in [3.05, 3.63) is 28.8 Å². The zero-order chi connectivity index (χ0) is 15.9. The summed E-state index contributed by atoms with van der Waals surface area (Å²) in [5.74, 6) is 0. The maximum atomic E-state index is 12.3. The molecular formula is C14H23ClN2O3S. The number of hydrogen-bond donors (Lipinski definition) is 2. The number of ether oxygens (including phenoxy) is 1. The Balaban J connectivity index is 2.90. The fourth-order valence-electron chi connectivity index (χ4n) is 1.82. The van der Waals surface area contributed by atoms with Gasteiger partial charge in [-0.1, -0.05) is 31.5 Å². The average Bonchev–Trinajstić information content (AvgIpc) is 2.45. The van der Waals surface area contributed by atoms with E-state index in [1.54, 1.807) is 19.2 Å². The standard InChI is InChI=1S/C14H23ClN2O3S/c1-4-12(10-20-3)17-21(18,19)13-7-6-11(9-16-5-2)14(15)8-13/h6-8,12,16-17H,4-5,9-10H2,1-3H3. The Bertz CT molecular complexity index is 549. The molecule has 0 bridgehead atoms. The number of hydrogen-bond acceptors (Lipinski definition) is 4. The Kier molecular flexibility index (Phi) is 7.62. The highest BCUT2D eigenvalue weighted by Gasteiger charge is 2.19. The topological polar surface area (TPSA) is 67.4 Å². The molecule has 5 nitrogen and oxygen atoms in total. The van der Waals surface area contributed by atoms with E-state index in [2.05, 4.69) is 10.0 Å². The van der Waals surface area contributed by atoms with Gasteiger partial charge in [0.05, 0.1) is 11.5 Å². The third-order valence-electron chi connectivity index (χ3n) is 3.08. The lowest BCUT2D eigenvalue weighted by Crippen LogP contribution is -2.37. The first-order valence-electron chi connectivity index (χ1n) is 6.95. The molecule has 1 aromatic carbocycles. The van der Waals surface area contributed by atoms with Crippen LogP contribution in [0, 0.1) is 0 Å². The van der Waals surface area contributed by atoms with Gasteiger partial charge >= 0.3 is 0 Å². The van der Waals surface area contributed by atoms with Crippen molar-refractivity contribution in [1.29, 1.82) is 0 Å². The highest BCUT2D eigenvalue weighted by atomic mass is 35.5. The first-order chi connectivity index (χ1) is 9.94. The van der Waals surface area contributed by atoms with Crippen LogP contribution in [0.3, 0.4) is 0 Å². The first-order valence-corrected chi connectivity index (χ1v) is 8.81. The summed E-state index contributed by atoms with van der Waals surface area (Å²) in [6, 6.07) is 4.54. The van der Waals surface area contributed by atoms with Gasteiger partial charge in [0.25, 0.3) is 0 Å². The SMILES string of the molecule is CCNCc1ccc(S(=O)(=O)NC(CC)COC)cc1Cl. The Morgan fingerprint density at radius 1 is 1.33 bits per heavy atom. The van der Waals surface area contributed by atoms with Crippen molar-refractivity contribution in [1.82, 2.24) is 10.0 Å². The summed E-state index contributed by atoms with van der Waals surface area (Å²) >= 11 is 6.15. The second-order valence-corrected chi connectivity index (χ2v) is 6.84. The van der Waals surface area contributed by atoms with Crippen LogP contribution >= 0.6 is 11.6 Å². The molecular weight excluding hydrogens is 312 g/mol. The molecule has 0 aliphatic heterocycles. The average molecular weight is 335 g/mol. The Hall–Kier alpha value is -0.660. The highest BCUT2D eigenvalue weighted by Crippen LogP contribution is 2.21. The summed E-state index contributed by atoms with van der Waals surface area (Å²) in [6.07, 6.45) is 0.652. The fraction of sp³-hybridized carbons (Fsp3) is 0.571. The van der Waals surface area contributed by atoms with Crippen molar-refractivity contribution in [2.24, 2.45) is 0 Å². The monoisotopic (exact) mass is 334 g/mol. The van der Waals surface area contributed by atoms with E-state index in [4.69, 9.17) is 16.3 Å². The Morgan fingerprint density at radius 2 is 2.05 bits per heavy atom. The number of benzene rings is 1. The molecule has 2 N–H and O–H groups in total. The molecule has 0 fully saturated rings. The number of nitrogens with one attached hydrogen (secondary N) is 2. The van der Waals surface area contributed by atoms with Gasteiger partial charge in [-0.2, -0.15) is 0 Å². The molecule has 7 heteroatoms. The molecule has 0 heterocycles. The van der Waals surface area contributed by atoms with Crippen LogP contribution in [0.5, 0.6) is 0 Å². The lowest BCUT2D eigenvalue weighted by atomic mass is 10.2. The summed E-state index contributed by atoms with van der Waals surface area (Å²) in [5, 5.41) is 3.60.